The van der Waals surface area contributed by atoms with E-state index in [0.29, 0.717) is 16.4 Å². The molecule has 2 aromatic rings. The number of nitrogens with two attached hydrogens (primary N) is 1. The number of aliphatic hydroxyl groups excluding tert-OH is 1. The van der Waals surface area contributed by atoms with Gasteiger partial charge in [0.2, 0.25) is 17.7 Å². The van der Waals surface area contributed by atoms with Gasteiger partial charge in [-0.3, -0.25) is 19.2 Å². The quantitative estimate of drug-likeness (QED) is 0.441. The van der Waals surface area contributed by atoms with Crippen molar-refractivity contribution >= 4 is 40.1 Å². The van der Waals surface area contributed by atoms with Crippen LogP contribution in [-0.4, -0.2) is 63.4 Å². The molecular formula is C23H29N5O5S. The summed E-state index contributed by atoms with van der Waals surface area (Å²) in [5.41, 5.74) is 7.19. The van der Waals surface area contributed by atoms with E-state index in [2.05, 4.69) is 15.6 Å². The summed E-state index contributed by atoms with van der Waals surface area (Å²) in [5, 5.41) is 17.7. The summed E-state index contributed by atoms with van der Waals surface area (Å²) in [6.45, 7) is 5.34. The van der Waals surface area contributed by atoms with Crippen LogP contribution in [0, 0.1) is 5.92 Å². The molecule has 5 N–H and O–H groups in total. The average Bonchev–Trinajstić information content (AvgIpc) is 3.40. The molecule has 1 saturated heterocycles. The van der Waals surface area contributed by atoms with Gasteiger partial charge in [0.25, 0.3) is 5.91 Å². The van der Waals surface area contributed by atoms with Gasteiger partial charge in [-0.2, -0.15) is 0 Å². The third-order valence-corrected chi connectivity index (χ3v) is 6.22. The lowest BCUT2D eigenvalue weighted by Gasteiger charge is -2.24. The number of hydrogen-bond donors (Lipinski definition) is 4. The molecule has 1 aliphatic heterocycles. The van der Waals surface area contributed by atoms with Crippen LogP contribution in [0.1, 0.15) is 44.0 Å². The van der Waals surface area contributed by atoms with Gasteiger partial charge in [-0.25, -0.2) is 4.98 Å². The largest absolute Gasteiger partial charge is 0.391 e. The molecule has 3 atom stereocenters. The van der Waals surface area contributed by atoms with Gasteiger partial charge in [0, 0.05) is 47.9 Å². The molecule has 4 amide bonds. The minimum atomic E-state index is -0.867. The number of hydrogen-bond acceptors (Lipinski definition) is 7. The van der Waals surface area contributed by atoms with E-state index in [0.717, 1.165) is 5.56 Å². The van der Waals surface area contributed by atoms with E-state index in [9.17, 15) is 24.3 Å². The maximum atomic E-state index is 12.9. The number of anilines is 1. The molecule has 0 radical (unpaired) electrons. The molecule has 0 saturated carbocycles. The number of carbonyl (C=O) groups is 4. The van der Waals surface area contributed by atoms with Gasteiger partial charge in [0.15, 0.2) is 5.13 Å². The number of benzene rings is 1. The van der Waals surface area contributed by atoms with Gasteiger partial charge in [-0.15, -0.1) is 11.3 Å². The summed E-state index contributed by atoms with van der Waals surface area (Å²) in [7, 11) is 0. The highest BCUT2D eigenvalue weighted by Gasteiger charge is 2.39. The summed E-state index contributed by atoms with van der Waals surface area (Å²) < 4.78 is 0. The second kappa shape index (κ2) is 10.7. The number of rotatable bonds is 8. The van der Waals surface area contributed by atoms with Crippen LogP contribution in [0.2, 0.25) is 0 Å². The monoisotopic (exact) mass is 487 g/mol. The standard InChI is InChI=1S/C23H29N5O5S/c1-12(2)25-21(32)15-6-4-14(5-7-15)17-11-34-23(26-17)27-22(33)18-9-16(29)10-28(18)19(30)8-13(3)20(24)31/h4-7,11-13,16,18,29H,8-10H2,1-3H3,(H2,24,31)(H,25,32)(H,26,27,33)/t13-,16+,18+/m1/s1. The highest BCUT2D eigenvalue weighted by molar-refractivity contribution is 7.14. The Bertz CT molecular complexity index is 1070. The predicted octanol–water partition coefficient (Wildman–Crippen LogP) is 1.36. The van der Waals surface area contributed by atoms with Crippen molar-refractivity contribution in [2.45, 2.75) is 51.8 Å². The Morgan fingerprint density at radius 1 is 1.21 bits per heavy atom. The van der Waals surface area contributed by atoms with Gasteiger partial charge >= 0.3 is 0 Å². The number of β-amino-alcohol motifs (C(OH)–C–C–N with tert-alkyl or cyclic N) is 1. The lowest BCUT2D eigenvalue weighted by atomic mass is 10.1. The molecule has 0 spiro atoms. The minimum Gasteiger partial charge on any atom is -0.391 e. The van der Waals surface area contributed by atoms with Crippen molar-refractivity contribution in [2.75, 3.05) is 11.9 Å². The molecule has 2 heterocycles. The van der Waals surface area contributed by atoms with E-state index < -0.39 is 35.8 Å². The first kappa shape index (κ1) is 25.3. The summed E-state index contributed by atoms with van der Waals surface area (Å²) in [6, 6.07) is 6.15. The van der Waals surface area contributed by atoms with Crippen LogP contribution >= 0.6 is 11.3 Å². The van der Waals surface area contributed by atoms with Crippen LogP contribution in [-0.2, 0) is 14.4 Å². The Labute approximate surface area is 201 Å². The molecule has 0 bridgehead atoms. The number of aromatic nitrogens is 1. The smallest absolute Gasteiger partial charge is 0.251 e. The molecule has 1 aliphatic rings. The molecule has 11 heteroatoms. The second-order valence-corrected chi connectivity index (χ2v) is 9.55. The van der Waals surface area contributed by atoms with Crippen molar-refractivity contribution in [1.82, 2.24) is 15.2 Å². The molecule has 10 nitrogen and oxygen atoms in total. The number of nitrogens with zero attached hydrogens (tertiary/aromatic N) is 2. The molecular weight excluding hydrogens is 458 g/mol. The maximum absolute atomic E-state index is 12.9. The number of aliphatic hydroxyl groups is 1. The van der Waals surface area contributed by atoms with Crippen molar-refractivity contribution in [1.29, 1.82) is 0 Å². The van der Waals surface area contributed by atoms with Gasteiger partial charge < -0.3 is 26.4 Å². The summed E-state index contributed by atoms with van der Waals surface area (Å²) in [4.78, 5) is 54.5. The number of thiazole rings is 1. The fraction of sp³-hybridized carbons (Fsp3) is 0.435. The molecule has 3 rings (SSSR count). The number of nitrogens with one attached hydrogen (secondary N) is 2. The SMILES string of the molecule is CC(C)NC(=O)c1ccc(-c2csc(NC(=O)[C@@H]3C[C@H](O)CN3C(=O)C[C@@H](C)C(N)=O)n2)cc1. The molecule has 34 heavy (non-hydrogen) atoms. The van der Waals surface area contributed by atoms with Gasteiger partial charge in [-0.1, -0.05) is 19.1 Å². The van der Waals surface area contributed by atoms with E-state index in [-0.39, 0.29) is 31.3 Å². The third kappa shape index (κ3) is 6.17. The molecule has 182 valence electrons. The molecule has 1 aromatic carbocycles. The lowest BCUT2D eigenvalue weighted by molar-refractivity contribution is -0.139. The number of amides is 4. The Morgan fingerprint density at radius 2 is 1.88 bits per heavy atom. The van der Waals surface area contributed by atoms with E-state index in [1.165, 1.54) is 16.2 Å². The Kier molecular flexibility index (Phi) is 8.00. The van der Waals surface area contributed by atoms with E-state index in [1.54, 1.807) is 36.6 Å². The average molecular weight is 488 g/mol. The van der Waals surface area contributed by atoms with Crippen molar-refractivity contribution in [3.63, 3.8) is 0 Å². The zero-order valence-electron chi connectivity index (χ0n) is 19.3. The van der Waals surface area contributed by atoms with Crippen LogP contribution < -0.4 is 16.4 Å². The highest BCUT2D eigenvalue weighted by Crippen LogP contribution is 2.27. The number of primary amides is 1. The van der Waals surface area contributed by atoms with Crippen LogP contribution in [0.25, 0.3) is 11.3 Å². The predicted molar refractivity (Wildman–Crippen MR) is 128 cm³/mol. The van der Waals surface area contributed by atoms with Crippen molar-refractivity contribution in [3.05, 3.63) is 35.2 Å². The Hall–Kier alpha value is -3.31. The van der Waals surface area contributed by atoms with Gasteiger partial charge in [0.1, 0.15) is 6.04 Å². The van der Waals surface area contributed by atoms with Gasteiger partial charge in [0.05, 0.1) is 11.8 Å². The second-order valence-electron chi connectivity index (χ2n) is 8.69. The first-order valence-corrected chi connectivity index (χ1v) is 11.9. The zero-order valence-corrected chi connectivity index (χ0v) is 20.1. The first-order chi connectivity index (χ1) is 16.0. The summed E-state index contributed by atoms with van der Waals surface area (Å²) >= 11 is 1.23. The van der Waals surface area contributed by atoms with Crippen molar-refractivity contribution in [2.24, 2.45) is 11.7 Å². The molecule has 1 aromatic heterocycles. The van der Waals surface area contributed by atoms with E-state index in [4.69, 9.17) is 5.73 Å². The first-order valence-electron chi connectivity index (χ1n) is 11.0. The van der Waals surface area contributed by atoms with Crippen LogP contribution in [0.3, 0.4) is 0 Å². The van der Waals surface area contributed by atoms with Crippen LogP contribution in [0.15, 0.2) is 29.6 Å². The van der Waals surface area contributed by atoms with Crippen LogP contribution in [0.4, 0.5) is 5.13 Å². The molecule has 0 unspecified atom stereocenters. The fourth-order valence-corrected chi connectivity index (χ4v) is 4.33. The van der Waals surface area contributed by atoms with Crippen molar-refractivity contribution in [3.8, 4) is 11.3 Å². The highest BCUT2D eigenvalue weighted by atomic mass is 32.1. The molecule has 0 aliphatic carbocycles. The maximum Gasteiger partial charge on any atom is 0.251 e. The van der Waals surface area contributed by atoms with E-state index in [1.807, 2.05) is 13.8 Å². The topological polar surface area (TPSA) is 155 Å². The lowest BCUT2D eigenvalue weighted by Crippen LogP contribution is -2.44. The third-order valence-electron chi connectivity index (χ3n) is 5.47. The number of likely N-dealkylation sites (tertiary alicyclic amines) is 1. The summed E-state index contributed by atoms with van der Waals surface area (Å²) in [6.07, 6.45) is -0.860. The zero-order chi connectivity index (χ0) is 25.0. The Balaban J connectivity index is 1.65. The van der Waals surface area contributed by atoms with Crippen molar-refractivity contribution < 1.29 is 24.3 Å². The Morgan fingerprint density at radius 3 is 2.50 bits per heavy atom. The van der Waals surface area contributed by atoms with Gasteiger partial charge in [-0.05, 0) is 26.0 Å². The number of carbonyl (C=O) groups excluding carboxylic acids is 4. The normalized spacial score (nSPS) is 18.6. The fourth-order valence-electron chi connectivity index (χ4n) is 3.61. The molecule has 1 fully saturated rings. The van der Waals surface area contributed by atoms with E-state index >= 15 is 0 Å². The summed E-state index contributed by atoms with van der Waals surface area (Å²) in [5.74, 6) is -2.30. The minimum absolute atomic E-state index is 0.0161. The van der Waals surface area contributed by atoms with Crippen LogP contribution in [0.5, 0.6) is 0 Å².